The van der Waals surface area contributed by atoms with Gasteiger partial charge in [-0.2, -0.15) is 0 Å². The van der Waals surface area contributed by atoms with Crippen LogP contribution in [0.15, 0.2) is 0 Å². The Labute approximate surface area is 212 Å². The Kier molecular flexibility index (Phi) is 14.7. The van der Waals surface area contributed by atoms with E-state index < -0.39 is 12.8 Å². The quantitative estimate of drug-likeness (QED) is 0.130. The van der Waals surface area contributed by atoms with Crippen molar-refractivity contribution in [3.05, 3.63) is 0 Å². The minimum Gasteiger partial charge on any atom is -0.389 e. The first kappa shape index (κ1) is 30.1. The highest BCUT2D eigenvalue weighted by Gasteiger charge is 2.59. The molecule has 1 heterocycles. The number of rotatable bonds is 22. The molecule has 200 valence electrons. The Morgan fingerprint density at radius 2 is 1.65 bits per heavy atom. The van der Waals surface area contributed by atoms with E-state index in [0.29, 0.717) is 12.3 Å². The maximum absolute atomic E-state index is 12.0. The summed E-state index contributed by atoms with van der Waals surface area (Å²) >= 11 is 5.01. The van der Waals surface area contributed by atoms with E-state index in [4.69, 9.17) is 25.6 Å². The van der Waals surface area contributed by atoms with Crippen LogP contribution in [-0.2, 0) is 30.4 Å². The summed E-state index contributed by atoms with van der Waals surface area (Å²) in [5, 5.41) is 12.7. The molecule has 9 heteroatoms. The Morgan fingerprint density at radius 1 is 1.06 bits per heavy atom. The average molecular weight is 522 g/mol. The van der Waals surface area contributed by atoms with Crippen molar-refractivity contribution in [3.8, 4) is 0 Å². The van der Waals surface area contributed by atoms with Gasteiger partial charge in [-0.25, -0.2) is 0 Å². The third-order valence-corrected chi connectivity index (χ3v) is 8.54. The van der Waals surface area contributed by atoms with Crippen molar-refractivity contribution < 1.29 is 28.6 Å². The number of amides is 1. The van der Waals surface area contributed by atoms with Crippen LogP contribution in [0.2, 0.25) is 0 Å². The molecule has 3 N–H and O–H groups in total. The van der Waals surface area contributed by atoms with E-state index in [1.165, 1.54) is 70.6 Å². The number of aliphatic hydroxyl groups is 1. The smallest absolute Gasteiger partial charge is 0.324 e. The van der Waals surface area contributed by atoms with Gasteiger partial charge in [-0.05, 0) is 37.0 Å². The molecule has 0 bridgehead atoms. The van der Waals surface area contributed by atoms with Crippen LogP contribution in [0.4, 0.5) is 0 Å². The highest BCUT2D eigenvalue weighted by molar-refractivity contribution is 8.07. The molecule has 0 aromatic heterocycles. The molecule has 2 aliphatic rings. The maximum Gasteiger partial charge on any atom is 0.324 e. The molecule has 34 heavy (non-hydrogen) atoms. The highest BCUT2D eigenvalue weighted by Crippen LogP contribution is 2.56. The van der Waals surface area contributed by atoms with Crippen LogP contribution >= 0.6 is 6.72 Å². The molecule has 2 fully saturated rings. The fourth-order valence-electron chi connectivity index (χ4n) is 4.61. The van der Waals surface area contributed by atoms with E-state index in [-0.39, 0.29) is 31.3 Å². The van der Waals surface area contributed by atoms with Crippen LogP contribution in [0.3, 0.4) is 0 Å². The molecule has 0 spiro atoms. The van der Waals surface area contributed by atoms with Gasteiger partial charge in [0.2, 0.25) is 5.91 Å². The number of fused-ring (bicyclic) bond motifs is 1. The summed E-state index contributed by atoms with van der Waals surface area (Å²) in [6.45, 7) is -0.319. The van der Waals surface area contributed by atoms with Gasteiger partial charge in [0.25, 0.3) is 0 Å². The first-order chi connectivity index (χ1) is 16.4. The molecule has 1 saturated carbocycles. The molecule has 1 saturated heterocycles. The number of nitrogens with one attached hydrogen (secondary N) is 1. The third kappa shape index (κ3) is 12.8. The zero-order chi connectivity index (χ0) is 24.7. The Bertz CT molecular complexity index is 624. The summed E-state index contributed by atoms with van der Waals surface area (Å²) in [6, 6.07) is 0. The summed E-state index contributed by atoms with van der Waals surface area (Å²) in [7, 11) is 0. The molecule has 0 aromatic carbocycles. The Hall–Kier alpha value is -0.0800. The number of ether oxygens (including phenoxy) is 1. The molecule has 7 nitrogen and oxygen atoms in total. The third-order valence-electron chi connectivity index (χ3n) is 6.98. The lowest BCUT2D eigenvalue weighted by Crippen LogP contribution is -2.34. The minimum absolute atomic E-state index is 0.0703. The highest BCUT2D eigenvalue weighted by atomic mass is 32.5. The van der Waals surface area contributed by atoms with Crippen molar-refractivity contribution in [3.63, 3.8) is 0 Å². The van der Waals surface area contributed by atoms with Crippen LogP contribution < -0.4 is 5.32 Å². The van der Waals surface area contributed by atoms with Crippen molar-refractivity contribution in [2.75, 3.05) is 26.4 Å². The van der Waals surface area contributed by atoms with Gasteiger partial charge >= 0.3 is 6.72 Å². The van der Waals surface area contributed by atoms with E-state index in [2.05, 4.69) is 12.2 Å². The van der Waals surface area contributed by atoms with E-state index in [1.54, 1.807) is 0 Å². The van der Waals surface area contributed by atoms with Crippen LogP contribution in [0.1, 0.15) is 110 Å². The van der Waals surface area contributed by atoms with Crippen molar-refractivity contribution in [2.24, 2.45) is 5.92 Å². The van der Waals surface area contributed by atoms with Gasteiger partial charge in [-0.3, -0.25) is 4.79 Å². The van der Waals surface area contributed by atoms with Gasteiger partial charge in [0.05, 0.1) is 24.9 Å². The molecule has 1 aliphatic carbocycles. The van der Waals surface area contributed by atoms with Crippen molar-refractivity contribution in [2.45, 2.75) is 121 Å². The molecule has 4 unspecified atom stereocenters. The fraction of sp³-hybridized carbons (Fsp3) is 0.960. The SMILES string of the molecule is CCCCCCCCCCCCCCCC(=O)NCC(O)COP(O)(=S)OCC12CC1CCO2. The predicted molar refractivity (Wildman–Crippen MR) is 139 cm³/mol. The zero-order valence-corrected chi connectivity index (χ0v) is 22.9. The van der Waals surface area contributed by atoms with Gasteiger partial charge in [0, 0.05) is 19.6 Å². The molecule has 1 amide bonds. The van der Waals surface area contributed by atoms with Gasteiger partial charge < -0.3 is 29.1 Å². The second-order valence-electron chi connectivity index (χ2n) is 10.1. The van der Waals surface area contributed by atoms with Crippen molar-refractivity contribution in [1.82, 2.24) is 5.32 Å². The summed E-state index contributed by atoms with van der Waals surface area (Å²) in [6.07, 6.45) is 18.0. The minimum atomic E-state index is -3.43. The predicted octanol–water partition coefficient (Wildman–Crippen LogP) is 5.37. The van der Waals surface area contributed by atoms with Gasteiger partial charge in [-0.1, -0.05) is 84.0 Å². The van der Waals surface area contributed by atoms with E-state index in [0.717, 1.165) is 32.3 Å². The number of aliphatic hydroxyl groups excluding tert-OH is 1. The normalized spacial score (nSPS) is 23.9. The molecule has 4 atom stereocenters. The van der Waals surface area contributed by atoms with E-state index in [1.807, 2.05) is 0 Å². The molecular formula is C25H48NO6PS. The molecule has 1 aliphatic heterocycles. The molecule has 2 rings (SSSR count). The van der Waals surface area contributed by atoms with Crippen LogP contribution in [0.5, 0.6) is 0 Å². The summed E-state index contributed by atoms with van der Waals surface area (Å²) in [4.78, 5) is 22.1. The first-order valence-electron chi connectivity index (χ1n) is 13.6. The summed E-state index contributed by atoms with van der Waals surface area (Å²) in [5.74, 6) is 0.428. The lowest BCUT2D eigenvalue weighted by atomic mass is 10.0. The number of hydrogen-bond acceptors (Lipinski definition) is 6. The first-order valence-corrected chi connectivity index (χ1v) is 16.2. The van der Waals surface area contributed by atoms with E-state index in [9.17, 15) is 14.8 Å². The monoisotopic (exact) mass is 521 g/mol. The maximum atomic E-state index is 12.0. The Morgan fingerprint density at radius 3 is 2.18 bits per heavy atom. The van der Waals surface area contributed by atoms with Crippen molar-refractivity contribution >= 4 is 24.4 Å². The van der Waals surface area contributed by atoms with Crippen LogP contribution in [0, 0.1) is 5.92 Å². The van der Waals surface area contributed by atoms with Crippen LogP contribution in [-0.4, -0.2) is 54.0 Å². The fourth-order valence-corrected chi connectivity index (χ4v) is 5.77. The number of carbonyl (C=O) groups excluding carboxylic acids is 1. The Balaban J connectivity index is 1.36. The standard InChI is InChI=1S/C25H48NO6PS/c1-2-3-4-5-6-7-8-9-10-11-12-13-14-15-24(28)26-19-23(27)20-31-33(29,34)32-21-25-18-22(25)16-17-30-25/h22-23,27H,2-21H2,1H3,(H,26,28)(H,29,34). The van der Waals surface area contributed by atoms with Gasteiger partial charge in [-0.15, -0.1) is 0 Å². The largest absolute Gasteiger partial charge is 0.389 e. The second-order valence-corrected chi connectivity index (χ2v) is 12.9. The number of hydrogen-bond donors (Lipinski definition) is 3. The van der Waals surface area contributed by atoms with Crippen LogP contribution in [0.25, 0.3) is 0 Å². The zero-order valence-electron chi connectivity index (χ0n) is 21.2. The molecule has 0 radical (unpaired) electrons. The van der Waals surface area contributed by atoms with Crippen molar-refractivity contribution in [1.29, 1.82) is 0 Å². The average Bonchev–Trinajstić information content (AvgIpc) is 3.37. The lowest BCUT2D eigenvalue weighted by Gasteiger charge is -2.21. The summed E-state index contributed by atoms with van der Waals surface area (Å²) in [5.41, 5.74) is -0.281. The van der Waals surface area contributed by atoms with Gasteiger partial charge in [0.1, 0.15) is 0 Å². The summed E-state index contributed by atoms with van der Waals surface area (Å²) < 4.78 is 16.3. The lowest BCUT2D eigenvalue weighted by molar-refractivity contribution is -0.121. The topological polar surface area (TPSA) is 97.3 Å². The molecular weight excluding hydrogens is 473 g/mol. The second kappa shape index (κ2) is 16.6. The number of carbonyl (C=O) groups is 1. The number of unbranched alkanes of at least 4 members (excludes halogenated alkanes) is 12. The van der Waals surface area contributed by atoms with E-state index >= 15 is 0 Å². The molecule has 0 aromatic rings. The van der Waals surface area contributed by atoms with Gasteiger partial charge in [0.15, 0.2) is 0 Å².